The van der Waals surface area contributed by atoms with Crippen molar-refractivity contribution in [1.82, 2.24) is 14.9 Å². The van der Waals surface area contributed by atoms with Gasteiger partial charge in [0.1, 0.15) is 5.82 Å². The number of rotatable bonds is 0. The van der Waals surface area contributed by atoms with Crippen molar-refractivity contribution in [2.75, 3.05) is 31.6 Å². The van der Waals surface area contributed by atoms with Gasteiger partial charge in [-0.2, -0.15) is 4.98 Å². The summed E-state index contributed by atoms with van der Waals surface area (Å²) in [6.45, 7) is 2.01. The minimum Gasteiger partial charge on any atom is -0.383 e. The molecular formula is C9H15N5. The van der Waals surface area contributed by atoms with Crippen LogP contribution in [0.3, 0.4) is 0 Å². The van der Waals surface area contributed by atoms with Crippen LogP contribution in [0.25, 0.3) is 0 Å². The molecule has 0 aromatic carbocycles. The van der Waals surface area contributed by atoms with E-state index in [0.29, 0.717) is 5.82 Å². The van der Waals surface area contributed by atoms with Gasteiger partial charge in [0.15, 0.2) is 0 Å². The molecule has 76 valence electrons. The summed E-state index contributed by atoms with van der Waals surface area (Å²) < 4.78 is 0. The Balaban J connectivity index is 2.40. The van der Waals surface area contributed by atoms with E-state index >= 15 is 0 Å². The Kier molecular flexibility index (Phi) is 2.25. The van der Waals surface area contributed by atoms with Crippen LogP contribution in [0, 0.1) is 0 Å². The molecule has 0 atom stereocenters. The molecule has 2 rings (SSSR count). The first-order valence-electron chi connectivity index (χ1n) is 4.76. The van der Waals surface area contributed by atoms with E-state index in [1.54, 1.807) is 0 Å². The molecule has 1 aromatic rings. The number of aromatic nitrogens is 2. The molecule has 0 amide bonds. The second-order valence-electron chi connectivity index (χ2n) is 3.70. The summed E-state index contributed by atoms with van der Waals surface area (Å²) in [6.07, 6.45) is 1.82. The van der Waals surface area contributed by atoms with Crippen molar-refractivity contribution in [1.29, 1.82) is 0 Å². The number of nitrogens with zero attached hydrogens (tertiary/aromatic N) is 3. The number of anilines is 2. The topological polar surface area (TPSA) is 81.1 Å². The van der Waals surface area contributed by atoms with Crippen molar-refractivity contribution in [2.45, 2.75) is 12.8 Å². The Hall–Kier alpha value is -1.36. The van der Waals surface area contributed by atoms with E-state index in [9.17, 15) is 0 Å². The molecular weight excluding hydrogens is 178 g/mol. The number of hydrogen-bond acceptors (Lipinski definition) is 5. The molecule has 14 heavy (non-hydrogen) atoms. The first kappa shape index (κ1) is 9.21. The summed E-state index contributed by atoms with van der Waals surface area (Å²) in [7, 11) is 2.10. The number of likely N-dealkylation sites (N-methyl/N-ethyl adjacent to an activating group) is 1. The fourth-order valence-electron chi connectivity index (χ4n) is 1.76. The van der Waals surface area contributed by atoms with Gasteiger partial charge in [0.25, 0.3) is 0 Å². The lowest BCUT2D eigenvalue weighted by Crippen LogP contribution is -2.20. The maximum atomic E-state index is 5.81. The predicted octanol–water partition coefficient (Wildman–Crippen LogP) is -0.329. The summed E-state index contributed by atoms with van der Waals surface area (Å²) in [5, 5.41) is 0. The average molecular weight is 193 g/mol. The zero-order valence-electron chi connectivity index (χ0n) is 8.32. The molecule has 0 saturated heterocycles. The van der Waals surface area contributed by atoms with Crippen LogP contribution >= 0.6 is 0 Å². The van der Waals surface area contributed by atoms with Crippen LogP contribution in [-0.2, 0) is 12.8 Å². The van der Waals surface area contributed by atoms with Crippen molar-refractivity contribution in [3.63, 3.8) is 0 Å². The minimum atomic E-state index is 0.283. The first-order chi connectivity index (χ1) is 6.66. The Morgan fingerprint density at radius 3 is 2.64 bits per heavy atom. The number of fused-ring (bicyclic) bond motifs is 1. The SMILES string of the molecule is CN1CCc2nc(N)nc(N)c2CC1. The van der Waals surface area contributed by atoms with Gasteiger partial charge in [0, 0.05) is 25.1 Å². The highest BCUT2D eigenvalue weighted by molar-refractivity contribution is 5.46. The smallest absolute Gasteiger partial charge is 0.222 e. The minimum absolute atomic E-state index is 0.283. The molecule has 0 saturated carbocycles. The molecule has 0 unspecified atom stereocenters. The fraction of sp³-hybridized carbons (Fsp3) is 0.556. The molecule has 0 spiro atoms. The molecule has 0 bridgehead atoms. The van der Waals surface area contributed by atoms with Gasteiger partial charge in [0.05, 0.1) is 5.69 Å². The van der Waals surface area contributed by atoms with Crippen molar-refractivity contribution in [3.05, 3.63) is 11.3 Å². The summed E-state index contributed by atoms with van der Waals surface area (Å²) in [5.74, 6) is 0.827. The van der Waals surface area contributed by atoms with Crippen LogP contribution in [-0.4, -0.2) is 35.0 Å². The quantitative estimate of drug-likeness (QED) is 0.589. The van der Waals surface area contributed by atoms with Gasteiger partial charge in [-0.25, -0.2) is 4.98 Å². The Bertz CT molecular complexity index is 349. The van der Waals surface area contributed by atoms with Crippen molar-refractivity contribution in [2.24, 2.45) is 0 Å². The normalized spacial score (nSPS) is 17.5. The first-order valence-corrected chi connectivity index (χ1v) is 4.76. The Morgan fingerprint density at radius 1 is 1.14 bits per heavy atom. The highest BCUT2D eigenvalue weighted by Crippen LogP contribution is 2.18. The lowest BCUT2D eigenvalue weighted by atomic mass is 10.1. The van der Waals surface area contributed by atoms with E-state index in [2.05, 4.69) is 21.9 Å². The van der Waals surface area contributed by atoms with Gasteiger partial charge in [-0.05, 0) is 13.5 Å². The van der Waals surface area contributed by atoms with Gasteiger partial charge in [-0.3, -0.25) is 0 Å². The highest BCUT2D eigenvalue weighted by atomic mass is 15.1. The van der Waals surface area contributed by atoms with Crippen LogP contribution in [0.1, 0.15) is 11.3 Å². The fourth-order valence-corrected chi connectivity index (χ4v) is 1.76. The number of hydrogen-bond donors (Lipinski definition) is 2. The highest BCUT2D eigenvalue weighted by Gasteiger charge is 2.16. The van der Waals surface area contributed by atoms with Crippen LogP contribution in [0.15, 0.2) is 0 Å². The summed E-state index contributed by atoms with van der Waals surface area (Å²) in [6, 6.07) is 0. The zero-order chi connectivity index (χ0) is 10.1. The van der Waals surface area contributed by atoms with Gasteiger partial charge in [0.2, 0.25) is 5.95 Å². The van der Waals surface area contributed by atoms with Gasteiger partial charge in [-0.1, -0.05) is 0 Å². The third kappa shape index (κ3) is 1.63. The average Bonchev–Trinajstić information content (AvgIpc) is 2.28. The molecule has 5 heteroatoms. The van der Waals surface area contributed by atoms with E-state index in [-0.39, 0.29) is 5.95 Å². The molecule has 2 heterocycles. The zero-order valence-corrected chi connectivity index (χ0v) is 8.32. The molecule has 5 nitrogen and oxygen atoms in total. The number of nitrogen functional groups attached to an aromatic ring is 2. The predicted molar refractivity (Wildman–Crippen MR) is 55.8 cm³/mol. The van der Waals surface area contributed by atoms with Crippen molar-refractivity contribution >= 4 is 11.8 Å². The summed E-state index contributed by atoms with van der Waals surface area (Å²) in [5.41, 5.74) is 13.4. The molecule has 0 aliphatic carbocycles. The van der Waals surface area contributed by atoms with Crippen molar-refractivity contribution < 1.29 is 0 Å². The summed E-state index contributed by atoms with van der Waals surface area (Å²) in [4.78, 5) is 10.5. The van der Waals surface area contributed by atoms with E-state index in [4.69, 9.17) is 11.5 Å². The number of nitrogens with two attached hydrogens (primary N) is 2. The molecule has 4 N–H and O–H groups in total. The Morgan fingerprint density at radius 2 is 1.86 bits per heavy atom. The molecule has 1 aliphatic rings. The van der Waals surface area contributed by atoms with Crippen molar-refractivity contribution in [3.8, 4) is 0 Å². The standard InChI is InChI=1S/C9H15N5/c1-14-4-2-6-7(3-5-14)12-9(11)13-8(6)10/h2-5H2,1H3,(H4,10,11,12,13). The molecule has 1 aromatic heterocycles. The third-order valence-corrected chi connectivity index (χ3v) is 2.62. The van der Waals surface area contributed by atoms with E-state index < -0.39 is 0 Å². The van der Waals surface area contributed by atoms with Crippen LogP contribution < -0.4 is 11.5 Å². The maximum Gasteiger partial charge on any atom is 0.222 e. The van der Waals surface area contributed by atoms with Gasteiger partial charge in [-0.15, -0.1) is 0 Å². The molecule has 1 aliphatic heterocycles. The van der Waals surface area contributed by atoms with E-state index in [1.165, 1.54) is 0 Å². The van der Waals surface area contributed by atoms with Gasteiger partial charge < -0.3 is 16.4 Å². The largest absolute Gasteiger partial charge is 0.383 e. The second-order valence-corrected chi connectivity index (χ2v) is 3.70. The van der Waals surface area contributed by atoms with E-state index in [0.717, 1.165) is 37.2 Å². The monoisotopic (exact) mass is 193 g/mol. The molecule has 0 radical (unpaired) electrons. The summed E-state index contributed by atoms with van der Waals surface area (Å²) >= 11 is 0. The lowest BCUT2D eigenvalue weighted by Gasteiger charge is -2.10. The molecule has 0 fully saturated rings. The van der Waals surface area contributed by atoms with Crippen LogP contribution in [0.5, 0.6) is 0 Å². The lowest BCUT2D eigenvalue weighted by molar-refractivity contribution is 0.352. The van der Waals surface area contributed by atoms with Gasteiger partial charge >= 0.3 is 0 Å². The van der Waals surface area contributed by atoms with Crippen LogP contribution in [0.4, 0.5) is 11.8 Å². The second kappa shape index (κ2) is 3.42. The van der Waals surface area contributed by atoms with Crippen LogP contribution in [0.2, 0.25) is 0 Å². The van der Waals surface area contributed by atoms with E-state index in [1.807, 2.05) is 0 Å². The third-order valence-electron chi connectivity index (χ3n) is 2.62. The Labute approximate surface area is 83.1 Å². The maximum absolute atomic E-state index is 5.81.